The third-order valence-corrected chi connectivity index (χ3v) is 1.48. The molecule has 0 spiro atoms. The minimum Gasteiger partial charge on any atom is -0.769 e. The average Bonchev–Trinajstić information content (AvgIpc) is 1.93. The molecule has 0 bridgehead atoms. The van der Waals surface area contributed by atoms with E-state index in [0.717, 1.165) is 5.92 Å². The van der Waals surface area contributed by atoms with E-state index in [1.165, 1.54) is 19.3 Å². The first kappa shape index (κ1) is 12.0. The Morgan fingerprint density at radius 1 is 1.33 bits per heavy atom. The van der Waals surface area contributed by atoms with E-state index in [-0.39, 0.29) is 0 Å². The highest BCUT2D eigenvalue weighted by atomic mass is 35.5. The van der Waals surface area contributed by atoms with Gasteiger partial charge in [0.15, 0.2) is 0 Å². The van der Waals surface area contributed by atoms with Gasteiger partial charge in [-0.25, -0.2) is 11.9 Å². The predicted molar refractivity (Wildman–Crippen MR) is 40.2 cm³/mol. The maximum Gasteiger partial charge on any atom is -0.0446 e. The van der Waals surface area contributed by atoms with Crippen LogP contribution in [0.3, 0.4) is 0 Å². The Morgan fingerprint density at radius 2 is 1.78 bits per heavy atom. The van der Waals surface area contributed by atoms with Crippen molar-refractivity contribution < 1.29 is 4.66 Å². The number of halogens is 1. The van der Waals surface area contributed by atoms with E-state index in [2.05, 4.69) is 32.6 Å². The summed E-state index contributed by atoms with van der Waals surface area (Å²) >= 11 is 3.39. The zero-order valence-electron chi connectivity index (χ0n) is 6.48. The van der Waals surface area contributed by atoms with Gasteiger partial charge in [-0.1, -0.05) is 40.0 Å². The molecule has 1 unspecified atom stereocenters. The van der Waals surface area contributed by atoms with E-state index in [1.54, 1.807) is 0 Å². The molecule has 0 amide bonds. The lowest BCUT2D eigenvalue weighted by atomic mass is 10.0. The van der Waals surface area contributed by atoms with Crippen LogP contribution in [-0.4, -0.2) is 0 Å². The van der Waals surface area contributed by atoms with Crippen LogP contribution >= 0.6 is 11.9 Å². The summed E-state index contributed by atoms with van der Waals surface area (Å²) in [5.41, 5.74) is 0. The van der Waals surface area contributed by atoms with Crippen LogP contribution in [0.4, 0.5) is 0 Å². The molecule has 0 aromatic heterocycles. The minimum absolute atomic E-state index is 0.949. The summed E-state index contributed by atoms with van der Waals surface area (Å²) in [5, 5.41) is 0. The Labute approximate surface area is 63.2 Å². The molecule has 0 aliphatic heterocycles. The van der Waals surface area contributed by atoms with Gasteiger partial charge >= 0.3 is 0 Å². The second-order valence-electron chi connectivity index (χ2n) is 2.30. The highest BCUT2D eigenvalue weighted by Crippen LogP contribution is 2.07. The molecule has 0 heterocycles. The molecule has 0 aromatic carbocycles. The van der Waals surface area contributed by atoms with Gasteiger partial charge in [0.05, 0.1) is 0 Å². The molecule has 0 radical (unpaired) electrons. The van der Waals surface area contributed by atoms with Gasteiger partial charge < -0.3 is 4.66 Å². The topological polar surface area (TPSA) is 23.1 Å². The second kappa shape index (κ2) is 11.1. The standard InChI is InChI=1S/C7H16.ClO/c1-4-6-7(3)5-2;1-2/h7H,4-6H2,1-3H3;/q;-1. The fraction of sp³-hybridized carbons (Fsp3) is 1.00. The summed E-state index contributed by atoms with van der Waals surface area (Å²) in [6.07, 6.45) is 4.08. The molecular formula is C7H16ClO-. The Morgan fingerprint density at radius 3 is 1.89 bits per heavy atom. The summed E-state index contributed by atoms with van der Waals surface area (Å²) in [5.74, 6) is 0.949. The Kier molecular flexibility index (Phi) is 14.8. The fourth-order valence-electron chi connectivity index (χ4n) is 0.697. The normalized spacial score (nSPS) is 11.7. The SMILES string of the molecule is CCCC(C)CC.[O-]Cl. The molecular weight excluding hydrogens is 136 g/mol. The van der Waals surface area contributed by atoms with Crippen molar-refractivity contribution in [2.45, 2.75) is 40.0 Å². The largest absolute Gasteiger partial charge is 0.769 e. The highest BCUT2D eigenvalue weighted by Gasteiger charge is 1.92. The summed E-state index contributed by atoms with van der Waals surface area (Å²) in [7, 11) is 0. The maximum atomic E-state index is 7.72. The molecule has 0 aliphatic carbocycles. The third-order valence-electron chi connectivity index (χ3n) is 1.48. The molecule has 0 aromatic rings. The maximum absolute atomic E-state index is 7.72. The van der Waals surface area contributed by atoms with E-state index in [0.29, 0.717) is 0 Å². The quantitative estimate of drug-likeness (QED) is 0.607. The molecule has 0 aliphatic rings. The van der Waals surface area contributed by atoms with Gasteiger partial charge in [0, 0.05) is 0 Å². The van der Waals surface area contributed by atoms with E-state index in [4.69, 9.17) is 4.66 Å². The van der Waals surface area contributed by atoms with Gasteiger partial charge in [-0.15, -0.1) is 0 Å². The molecule has 9 heavy (non-hydrogen) atoms. The van der Waals surface area contributed by atoms with E-state index in [9.17, 15) is 0 Å². The predicted octanol–water partition coefficient (Wildman–Crippen LogP) is 2.33. The Hall–Kier alpha value is 0.250. The van der Waals surface area contributed by atoms with Crippen molar-refractivity contribution in [1.29, 1.82) is 0 Å². The minimum atomic E-state index is 0.949. The van der Waals surface area contributed by atoms with Crippen LogP contribution < -0.4 is 4.66 Å². The van der Waals surface area contributed by atoms with Crippen LogP contribution in [0, 0.1) is 5.92 Å². The number of hydrogen-bond donors (Lipinski definition) is 0. The Balaban J connectivity index is 0. The lowest BCUT2D eigenvalue weighted by Crippen LogP contribution is -1.88. The smallest absolute Gasteiger partial charge is 0.0446 e. The van der Waals surface area contributed by atoms with Crippen molar-refractivity contribution in [2.24, 2.45) is 5.92 Å². The zero-order valence-corrected chi connectivity index (χ0v) is 7.24. The van der Waals surface area contributed by atoms with Gasteiger partial charge in [-0.3, -0.25) is 0 Å². The van der Waals surface area contributed by atoms with Crippen LogP contribution in [0.15, 0.2) is 0 Å². The van der Waals surface area contributed by atoms with Gasteiger partial charge in [-0.2, -0.15) is 0 Å². The van der Waals surface area contributed by atoms with Crippen LogP contribution in [-0.2, 0) is 0 Å². The average molecular weight is 152 g/mol. The van der Waals surface area contributed by atoms with Gasteiger partial charge in [0.1, 0.15) is 0 Å². The fourth-order valence-corrected chi connectivity index (χ4v) is 0.697. The number of hydrogen-bond acceptors (Lipinski definition) is 1. The third kappa shape index (κ3) is 11.7. The second-order valence-corrected chi connectivity index (χ2v) is 2.30. The summed E-state index contributed by atoms with van der Waals surface area (Å²) in [6.45, 7) is 6.80. The first-order chi connectivity index (χ1) is 4.31. The first-order valence-electron chi connectivity index (χ1n) is 3.46. The zero-order chi connectivity index (χ0) is 7.70. The van der Waals surface area contributed by atoms with Crippen LogP contribution in [0.1, 0.15) is 40.0 Å². The van der Waals surface area contributed by atoms with Crippen molar-refractivity contribution in [2.75, 3.05) is 0 Å². The van der Waals surface area contributed by atoms with Crippen molar-refractivity contribution >= 4 is 11.9 Å². The lowest BCUT2D eigenvalue weighted by molar-refractivity contribution is -0.166. The molecule has 2 heteroatoms. The highest BCUT2D eigenvalue weighted by molar-refractivity contribution is 6.02. The molecule has 1 nitrogen and oxygen atoms in total. The summed E-state index contributed by atoms with van der Waals surface area (Å²) < 4.78 is 7.72. The van der Waals surface area contributed by atoms with Crippen molar-refractivity contribution in [3.63, 3.8) is 0 Å². The molecule has 0 saturated heterocycles. The lowest BCUT2D eigenvalue weighted by Gasteiger charge is -2.02. The molecule has 0 N–H and O–H groups in total. The van der Waals surface area contributed by atoms with Crippen molar-refractivity contribution in [3.05, 3.63) is 0 Å². The van der Waals surface area contributed by atoms with Crippen molar-refractivity contribution in [3.8, 4) is 0 Å². The van der Waals surface area contributed by atoms with Gasteiger partial charge in [-0.05, 0) is 5.92 Å². The van der Waals surface area contributed by atoms with E-state index in [1.807, 2.05) is 0 Å². The van der Waals surface area contributed by atoms with Crippen LogP contribution in [0.25, 0.3) is 0 Å². The monoisotopic (exact) mass is 151 g/mol. The van der Waals surface area contributed by atoms with Gasteiger partial charge in [0.25, 0.3) is 0 Å². The van der Waals surface area contributed by atoms with E-state index < -0.39 is 0 Å². The van der Waals surface area contributed by atoms with Gasteiger partial charge in [0.2, 0.25) is 0 Å². The molecule has 58 valence electrons. The van der Waals surface area contributed by atoms with Crippen molar-refractivity contribution in [1.82, 2.24) is 0 Å². The molecule has 0 saturated carbocycles. The van der Waals surface area contributed by atoms with E-state index >= 15 is 0 Å². The number of rotatable bonds is 3. The van der Waals surface area contributed by atoms with Crippen LogP contribution in [0.2, 0.25) is 0 Å². The molecule has 1 atom stereocenters. The van der Waals surface area contributed by atoms with Crippen LogP contribution in [0.5, 0.6) is 0 Å². The Bertz CT molecular complexity index is 39.9. The summed E-state index contributed by atoms with van der Waals surface area (Å²) in [6, 6.07) is 0. The molecule has 0 rings (SSSR count). The molecule has 0 fully saturated rings. The first-order valence-corrected chi connectivity index (χ1v) is 3.77. The summed E-state index contributed by atoms with van der Waals surface area (Å²) in [4.78, 5) is 0.